The standard InChI is InChI=1S/C15H12N3O4P/c19-14-15(20)17(8-9-1-4-11(23)5-2-9)13-6-3-10(18(21)22)7-12(13)16-14/h1-7H,8,23H2,(H,16,19). The van der Waals surface area contributed by atoms with Crippen LogP contribution in [-0.4, -0.2) is 14.5 Å². The van der Waals surface area contributed by atoms with Gasteiger partial charge in [0.2, 0.25) is 0 Å². The maximum Gasteiger partial charge on any atom is 0.317 e. The van der Waals surface area contributed by atoms with Crippen LogP contribution in [0.25, 0.3) is 11.0 Å². The Bertz CT molecular complexity index is 1020. The first-order chi connectivity index (χ1) is 11.0. The van der Waals surface area contributed by atoms with E-state index in [1.165, 1.54) is 22.8 Å². The molecule has 0 bridgehead atoms. The molecule has 23 heavy (non-hydrogen) atoms. The summed E-state index contributed by atoms with van der Waals surface area (Å²) in [7, 11) is 2.57. The zero-order chi connectivity index (χ0) is 16.6. The number of rotatable bonds is 3. The first-order valence-corrected chi connectivity index (χ1v) is 7.29. The lowest BCUT2D eigenvalue weighted by molar-refractivity contribution is -0.384. The molecule has 0 aliphatic carbocycles. The summed E-state index contributed by atoms with van der Waals surface area (Å²) >= 11 is 0. The summed E-state index contributed by atoms with van der Waals surface area (Å²) in [4.78, 5) is 36.7. The van der Waals surface area contributed by atoms with E-state index < -0.39 is 16.0 Å². The summed E-state index contributed by atoms with van der Waals surface area (Å²) in [5.41, 5.74) is -0.0992. The maximum absolute atomic E-state index is 12.2. The predicted octanol–water partition coefficient (Wildman–Crippen LogP) is 1.15. The molecule has 1 N–H and O–H groups in total. The Hall–Kier alpha value is -2.79. The van der Waals surface area contributed by atoms with E-state index in [1.807, 2.05) is 24.3 Å². The molecule has 0 saturated heterocycles. The number of benzene rings is 2. The van der Waals surface area contributed by atoms with Gasteiger partial charge in [-0.25, -0.2) is 0 Å². The van der Waals surface area contributed by atoms with Gasteiger partial charge in [-0.05, 0) is 16.9 Å². The molecule has 3 aromatic rings. The minimum Gasteiger partial charge on any atom is -0.316 e. The lowest BCUT2D eigenvalue weighted by Gasteiger charge is -2.10. The molecule has 0 aliphatic heterocycles. The third-order valence-electron chi connectivity index (χ3n) is 3.49. The van der Waals surface area contributed by atoms with Gasteiger partial charge < -0.3 is 4.98 Å². The second-order valence-electron chi connectivity index (χ2n) is 5.05. The van der Waals surface area contributed by atoms with E-state index in [0.29, 0.717) is 5.52 Å². The van der Waals surface area contributed by atoms with E-state index in [1.54, 1.807) is 0 Å². The SMILES string of the molecule is O=c1[nH]c2cc([N+](=O)[O-])ccc2n(Cc2ccc(P)cc2)c1=O. The van der Waals surface area contributed by atoms with E-state index in [0.717, 1.165) is 10.9 Å². The van der Waals surface area contributed by atoms with Crippen molar-refractivity contribution in [1.82, 2.24) is 9.55 Å². The summed E-state index contributed by atoms with van der Waals surface area (Å²) in [5, 5.41) is 11.9. The van der Waals surface area contributed by atoms with Gasteiger partial charge in [0.25, 0.3) is 5.69 Å². The van der Waals surface area contributed by atoms with Gasteiger partial charge in [0, 0.05) is 12.1 Å². The molecule has 7 nitrogen and oxygen atoms in total. The van der Waals surface area contributed by atoms with Crippen molar-refractivity contribution in [2.45, 2.75) is 6.54 Å². The average Bonchev–Trinajstić information content (AvgIpc) is 2.53. The van der Waals surface area contributed by atoms with Crippen molar-refractivity contribution >= 4 is 31.3 Å². The zero-order valence-electron chi connectivity index (χ0n) is 11.9. The smallest absolute Gasteiger partial charge is 0.316 e. The molecule has 116 valence electrons. The Morgan fingerprint density at radius 2 is 1.83 bits per heavy atom. The predicted molar refractivity (Wildman–Crippen MR) is 90.4 cm³/mol. The highest BCUT2D eigenvalue weighted by Gasteiger charge is 2.12. The van der Waals surface area contributed by atoms with Crippen molar-refractivity contribution in [1.29, 1.82) is 0 Å². The van der Waals surface area contributed by atoms with Crippen LogP contribution in [0.3, 0.4) is 0 Å². The van der Waals surface area contributed by atoms with Gasteiger partial charge in [0.05, 0.1) is 22.5 Å². The Labute approximate surface area is 131 Å². The quantitative estimate of drug-likeness (QED) is 0.337. The highest BCUT2D eigenvalue weighted by Crippen LogP contribution is 2.18. The van der Waals surface area contributed by atoms with E-state index >= 15 is 0 Å². The highest BCUT2D eigenvalue weighted by atomic mass is 31.0. The minimum atomic E-state index is -0.805. The van der Waals surface area contributed by atoms with Crippen LogP contribution in [0, 0.1) is 10.1 Å². The summed E-state index contributed by atoms with van der Waals surface area (Å²) in [6.45, 7) is 0.210. The van der Waals surface area contributed by atoms with Crippen molar-refractivity contribution in [3.8, 4) is 0 Å². The van der Waals surface area contributed by atoms with Gasteiger partial charge >= 0.3 is 11.1 Å². The van der Waals surface area contributed by atoms with Gasteiger partial charge in [0.15, 0.2) is 0 Å². The van der Waals surface area contributed by atoms with Gasteiger partial charge in [-0.3, -0.25) is 24.3 Å². The fourth-order valence-corrected chi connectivity index (χ4v) is 2.54. The van der Waals surface area contributed by atoms with Crippen LogP contribution in [0.1, 0.15) is 5.56 Å². The Balaban J connectivity index is 2.20. The number of fused-ring (bicyclic) bond motifs is 1. The lowest BCUT2D eigenvalue weighted by atomic mass is 10.2. The third-order valence-corrected chi connectivity index (χ3v) is 3.87. The summed E-state index contributed by atoms with van der Waals surface area (Å²) in [6.07, 6.45) is 0. The van der Waals surface area contributed by atoms with Crippen LogP contribution in [0.2, 0.25) is 0 Å². The number of nitrogens with zero attached hydrogens (tertiary/aromatic N) is 2. The monoisotopic (exact) mass is 329 g/mol. The number of H-pyrrole nitrogens is 1. The van der Waals surface area contributed by atoms with Gasteiger partial charge in [-0.1, -0.05) is 24.3 Å². The van der Waals surface area contributed by atoms with Crippen LogP contribution in [0.4, 0.5) is 5.69 Å². The number of nitrogens with one attached hydrogen (secondary N) is 1. The van der Waals surface area contributed by atoms with Crippen molar-refractivity contribution in [2.75, 3.05) is 0 Å². The minimum absolute atomic E-state index is 0.147. The Kier molecular flexibility index (Phi) is 3.80. The van der Waals surface area contributed by atoms with Crippen molar-refractivity contribution in [2.24, 2.45) is 0 Å². The fraction of sp³-hybridized carbons (Fsp3) is 0.0667. The first kappa shape index (κ1) is 15.1. The molecule has 1 heterocycles. The van der Waals surface area contributed by atoms with Crippen LogP contribution >= 0.6 is 9.24 Å². The van der Waals surface area contributed by atoms with Crippen LogP contribution in [0.15, 0.2) is 52.1 Å². The number of nitro benzene ring substituents is 1. The fourth-order valence-electron chi connectivity index (χ4n) is 2.34. The summed E-state index contributed by atoms with van der Waals surface area (Å²) in [6, 6.07) is 11.5. The number of hydrogen-bond acceptors (Lipinski definition) is 4. The molecule has 0 radical (unpaired) electrons. The maximum atomic E-state index is 12.2. The number of non-ortho nitro benzene ring substituents is 1. The molecule has 0 aliphatic rings. The molecule has 3 rings (SSSR count). The number of hydrogen-bond donors (Lipinski definition) is 1. The molecule has 2 aromatic carbocycles. The van der Waals surface area contributed by atoms with Crippen LogP contribution < -0.4 is 16.4 Å². The second-order valence-corrected chi connectivity index (χ2v) is 5.71. The molecular weight excluding hydrogens is 317 g/mol. The van der Waals surface area contributed by atoms with Gasteiger partial charge in [0.1, 0.15) is 0 Å². The molecule has 0 amide bonds. The normalized spacial score (nSPS) is 10.8. The molecule has 1 atom stereocenters. The van der Waals surface area contributed by atoms with Crippen molar-refractivity contribution in [3.63, 3.8) is 0 Å². The van der Waals surface area contributed by atoms with E-state index in [4.69, 9.17) is 0 Å². The molecule has 8 heteroatoms. The average molecular weight is 329 g/mol. The number of aromatic nitrogens is 2. The van der Waals surface area contributed by atoms with Crippen LogP contribution in [-0.2, 0) is 6.54 Å². The van der Waals surface area contributed by atoms with Crippen molar-refractivity contribution in [3.05, 3.63) is 78.8 Å². The van der Waals surface area contributed by atoms with Gasteiger partial charge in [-0.2, -0.15) is 0 Å². The van der Waals surface area contributed by atoms with Crippen molar-refractivity contribution < 1.29 is 4.92 Å². The summed E-state index contributed by atoms with van der Waals surface area (Å²) in [5.74, 6) is 0. The highest BCUT2D eigenvalue weighted by molar-refractivity contribution is 7.27. The van der Waals surface area contributed by atoms with Crippen LogP contribution in [0.5, 0.6) is 0 Å². The van der Waals surface area contributed by atoms with E-state index in [2.05, 4.69) is 14.2 Å². The first-order valence-electron chi connectivity index (χ1n) is 6.71. The van der Waals surface area contributed by atoms with Gasteiger partial charge in [-0.15, -0.1) is 9.24 Å². The second kappa shape index (κ2) is 5.78. The molecule has 1 unspecified atom stereocenters. The Morgan fingerprint density at radius 1 is 1.13 bits per heavy atom. The third kappa shape index (κ3) is 2.91. The topological polar surface area (TPSA) is 98.0 Å². The van der Waals surface area contributed by atoms with E-state index in [9.17, 15) is 19.7 Å². The summed E-state index contributed by atoms with van der Waals surface area (Å²) < 4.78 is 1.32. The molecule has 0 fully saturated rings. The van der Waals surface area contributed by atoms with E-state index in [-0.39, 0.29) is 17.7 Å². The molecular formula is C15H12N3O4P. The molecule has 0 spiro atoms. The zero-order valence-corrected chi connectivity index (χ0v) is 13.0. The molecule has 0 saturated carbocycles. The Morgan fingerprint density at radius 3 is 2.48 bits per heavy atom. The largest absolute Gasteiger partial charge is 0.317 e. The number of aromatic amines is 1. The lowest BCUT2D eigenvalue weighted by Crippen LogP contribution is -2.36. The molecule has 1 aromatic heterocycles. The number of nitro groups is 1.